The molecule has 0 unspecified atom stereocenters. The predicted octanol–water partition coefficient (Wildman–Crippen LogP) is 3.32. The van der Waals surface area contributed by atoms with Crippen LogP contribution in [0.3, 0.4) is 0 Å². The summed E-state index contributed by atoms with van der Waals surface area (Å²) in [6.45, 7) is 4.16. The number of esters is 1. The second kappa shape index (κ2) is 9.12. The van der Waals surface area contributed by atoms with E-state index >= 15 is 0 Å². The zero-order valence-corrected chi connectivity index (χ0v) is 15.9. The van der Waals surface area contributed by atoms with Crippen LogP contribution in [0.15, 0.2) is 42.5 Å². The first-order valence-electron chi connectivity index (χ1n) is 9.17. The Morgan fingerprint density at radius 2 is 1.93 bits per heavy atom. The minimum atomic E-state index is -0.917. The molecule has 0 aromatic heterocycles. The number of rotatable bonds is 8. The number of aryl methyl sites for hydroxylation is 1. The first-order valence-corrected chi connectivity index (χ1v) is 9.17. The van der Waals surface area contributed by atoms with Crippen LogP contribution in [0.2, 0.25) is 0 Å². The van der Waals surface area contributed by atoms with Gasteiger partial charge in [-0.3, -0.25) is 9.59 Å². The van der Waals surface area contributed by atoms with E-state index in [1.165, 1.54) is 6.92 Å². The summed E-state index contributed by atoms with van der Waals surface area (Å²) >= 11 is 0. The third-order valence-electron chi connectivity index (χ3n) is 4.19. The monoisotopic (exact) mass is 385 g/mol. The van der Waals surface area contributed by atoms with Crippen LogP contribution >= 0.6 is 0 Å². The van der Waals surface area contributed by atoms with E-state index in [-0.39, 0.29) is 13.2 Å². The molecule has 0 spiro atoms. The van der Waals surface area contributed by atoms with Gasteiger partial charge in [0.2, 0.25) is 6.79 Å². The molecule has 0 radical (unpaired) electrons. The molecule has 1 aliphatic rings. The molecule has 3 rings (SSSR count). The minimum Gasteiger partial charge on any atom is -0.494 e. The van der Waals surface area contributed by atoms with Crippen molar-refractivity contribution in [1.82, 2.24) is 0 Å². The van der Waals surface area contributed by atoms with E-state index in [1.54, 1.807) is 18.2 Å². The van der Waals surface area contributed by atoms with Gasteiger partial charge in [-0.1, -0.05) is 18.2 Å². The lowest BCUT2D eigenvalue weighted by molar-refractivity contribution is -0.153. The molecule has 0 saturated heterocycles. The lowest BCUT2D eigenvalue weighted by Crippen LogP contribution is -2.30. The van der Waals surface area contributed by atoms with Gasteiger partial charge in [-0.2, -0.15) is 0 Å². The molecule has 28 heavy (non-hydrogen) atoms. The highest BCUT2D eigenvalue weighted by Gasteiger charge is 2.20. The maximum absolute atomic E-state index is 12.3. The van der Waals surface area contributed by atoms with Crippen LogP contribution in [0.4, 0.5) is 5.69 Å². The van der Waals surface area contributed by atoms with Gasteiger partial charge in [0.25, 0.3) is 5.91 Å². The summed E-state index contributed by atoms with van der Waals surface area (Å²) < 4.78 is 21.3. The van der Waals surface area contributed by atoms with E-state index in [2.05, 4.69) is 5.32 Å². The standard InChI is InChI=1S/C21H23NO6/c1-3-25-17-7-5-4-6-15(17)8-11-20(23)28-14(2)21(24)22-16-9-10-18-19(12-16)27-13-26-18/h4-7,9-10,12,14H,3,8,11,13H2,1-2H3,(H,22,24)/t14-/m0/s1. The molecule has 1 atom stereocenters. The fourth-order valence-electron chi connectivity index (χ4n) is 2.77. The van der Waals surface area contributed by atoms with E-state index < -0.39 is 18.0 Å². The number of nitrogens with one attached hydrogen (secondary N) is 1. The molecule has 1 heterocycles. The van der Waals surface area contributed by atoms with Crippen LogP contribution in [-0.2, 0) is 20.7 Å². The van der Waals surface area contributed by atoms with Gasteiger partial charge in [0.15, 0.2) is 17.6 Å². The smallest absolute Gasteiger partial charge is 0.306 e. The molecule has 2 aromatic rings. The van der Waals surface area contributed by atoms with E-state index in [0.29, 0.717) is 30.2 Å². The fourth-order valence-corrected chi connectivity index (χ4v) is 2.77. The normalized spacial score (nSPS) is 12.9. The van der Waals surface area contributed by atoms with E-state index in [0.717, 1.165) is 11.3 Å². The van der Waals surface area contributed by atoms with Crippen molar-refractivity contribution in [2.75, 3.05) is 18.7 Å². The van der Waals surface area contributed by atoms with Crippen molar-refractivity contribution in [2.45, 2.75) is 32.8 Å². The van der Waals surface area contributed by atoms with Crippen LogP contribution in [-0.4, -0.2) is 31.4 Å². The summed E-state index contributed by atoms with van der Waals surface area (Å²) in [6, 6.07) is 12.6. The number of anilines is 1. The van der Waals surface area contributed by atoms with Gasteiger partial charge in [0, 0.05) is 18.2 Å². The quantitative estimate of drug-likeness (QED) is 0.702. The summed E-state index contributed by atoms with van der Waals surface area (Å²) in [4.78, 5) is 24.4. The lowest BCUT2D eigenvalue weighted by Gasteiger charge is -2.14. The topological polar surface area (TPSA) is 83.1 Å². The third-order valence-corrected chi connectivity index (χ3v) is 4.19. The molecule has 0 saturated carbocycles. The number of para-hydroxylation sites is 1. The first kappa shape index (κ1) is 19.5. The number of amides is 1. The molecular formula is C21H23NO6. The van der Waals surface area contributed by atoms with Crippen LogP contribution in [0.25, 0.3) is 0 Å². The number of benzene rings is 2. The van der Waals surface area contributed by atoms with Gasteiger partial charge in [-0.05, 0) is 44.0 Å². The summed E-state index contributed by atoms with van der Waals surface area (Å²) in [5, 5.41) is 2.70. The van der Waals surface area contributed by atoms with Gasteiger partial charge in [0.05, 0.1) is 6.61 Å². The number of hydrogen-bond donors (Lipinski definition) is 1. The van der Waals surface area contributed by atoms with Crippen LogP contribution in [0, 0.1) is 0 Å². The van der Waals surface area contributed by atoms with Gasteiger partial charge >= 0.3 is 5.97 Å². The van der Waals surface area contributed by atoms with Gasteiger partial charge < -0.3 is 24.3 Å². The second-order valence-corrected chi connectivity index (χ2v) is 6.23. The van der Waals surface area contributed by atoms with Gasteiger partial charge in [-0.15, -0.1) is 0 Å². The highest BCUT2D eigenvalue weighted by molar-refractivity contribution is 5.95. The Hall–Kier alpha value is -3.22. The van der Waals surface area contributed by atoms with Gasteiger partial charge in [0.1, 0.15) is 5.75 Å². The number of ether oxygens (including phenoxy) is 4. The highest BCUT2D eigenvalue weighted by Crippen LogP contribution is 2.34. The number of hydrogen-bond acceptors (Lipinski definition) is 6. The van der Waals surface area contributed by atoms with Crippen molar-refractivity contribution < 1.29 is 28.5 Å². The van der Waals surface area contributed by atoms with E-state index in [1.807, 2.05) is 31.2 Å². The summed E-state index contributed by atoms with van der Waals surface area (Å²) in [5.41, 5.74) is 1.47. The molecular weight excluding hydrogens is 362 g/mol. The Bertz CT molecular complexity index is 851. The zero-order valence-electron chi connectivity index (χ0n) is 15.9. The van der Waals surface area contributed by atoms with Crippen molar-refractivity contribution in [1.29, 1.82) is 0 Å². The second-order valence-electron chi connectivity index (χ2n) is 6.23. The molecule has 7 nitrogen and oxygen atoms in total. The Morgan fingerprint density at radius 3 is 2.75 bits per heavy atom. The predicted molar refractivity (Wildman–Crippen MR) is 103 cm³/mol. The maximum Gasteiger partial charge on any atom is 0.306 e. The lowest BCUT2D eigenvalue weighted by atomic mass is 10.1. The molecule has 0 aliphatic carbocycles. The Morgan fingerprint density at radius 1 is 1.14 bits per heavy atom. The van der Waals surface area contributed by atoms with Crippen molar-refractivity contribution in [3.63, 3.8) is 0 Å². The molecule has 1 N–H and O–H groups in total. The summed E-state index contributed by atoms with van der Waals surface area (Å²) in [7, 11) is 0. The first-order chi connectivity index (χ1) is 13.6. The number of carbonyl (C=O) groups excluding carboxylic acids is 2. The number of fused-ring (bicyclic) bond motifs is 1. The Labute approximate surface area is 163 Å². The van der Waals surface area contributed by atoms with Crippen molar-refractivity contribution in [2.24, 2.45) is 0 Å². The summed E-state index contributed by atoms with van der Waals surface area (Å²) in [5.74, 6) is 1.09. The van der Waals surface area contributed by atoms with Crippen LogP contribution < -0.4 is 19.5 Å². The number of carbonyl (C=O) groups is 2. The fraction of sp³-hybridized carbons (Fsp3) is 0.333. The van der Waals surface area contributed by atoms with Crippen molar-refractivity contribution in [3.05, 3.63) is 48.0 Å². The minimum absolute atomic E-state index is 0.158. The average molecular weight is 385 g/mol. The molecule has 148 valence electrons. The molecule has 1 aliphatic heterocycles. The van der Waals surface area contributed by atoms with Crippen molar-refractivity contribution >= 4 is 17.6 Å². The largest absolute Gasteiger partial charge is 0.494 e. The van der Waals surface area contributed by atoms with Crippen molar-refractivity contribution in [3.8, 4) is 17.2 Å². The van der Waals surface area contributed by atoms with Crippen LogP contribution in [0.1, 0.15) is 25.8 Å². The average Bonchev–Trinajstić information content (AvgIpc) is 3.15. The maximum atomic E-state index is 12.3. The SMILES string of the molecule is CCOc1ccccc1CCC(=O)O[C@@H](C)C(=O)Nc1ccc2c(c1)OCO2. The Kier molecular flexibility index (Phi) is 6.37. The van der Waals surface area contributed by atoms with Gasteiger partial charge in [-0.25, -0.2) is 0 Å². The van der Waals surface area contributed by atoms with Crippen LogP contribution in [0.5, 0.6) is 17.2 Å². The molecule has 0 bridgehead atoms. The van der Waals surface area contributed by atoms with E-state index in [9.17, 15) is 9.59 Å². The zero-order chi connectivity index (χ0) is 19.9. The third kappa shape index (κ3) is 4.94. The Balaban J connectivity index is 1.49. The van der Waals surface area contributed by atoms with E-state index in [4.69, 9.17) is 18.9 Å². The molecule has 0 fully saturated rings. The summed E-state index contributed by atoms with van der Waals surface area (Å²) in [6.07, 6.45) is -0.280. The molecule has 7 heteroatoms. The highest BCUT2D eigenvalue weighted by atomic mass is 16.7. The molecule has 1 amide bonds. The molecule has 2 aromatic carbocycles.